The molecule has 0 amide bonds. The first-order valence-corrected chi connectivity index (χ1v) is 7.43. The van der Waals surface area contributed by atoms with Crippen molar-refractivity contribution < 1.29 is 0 Å². The Hall–Kier alpha value is -1.80. The second-order valence-electron chi connectivity index (χ2n) is 5.55. The molecule has 1 aliphatic rings. The Morgan fingerprint density at radius 3 is 2.50 bits per heavy atom. The van der Waals surface area contributed by atoms with E-state index in [0.717, 1.165) is 19.6 Å². The Kier molecular flexibility index (Phi) is 4.03. The van der Waals surface area contributed by atoms with E-state index in [1.807, 2.05) is 0 Å². The molecule has 2 aromatic carbocycles. The van der Waals surface area contributed by atoms with Crippen molar-refractivity contribution in [3.8, 4) is 0 Å². The van der Waals surface area contributed by atoms with Gasteiger partial charge in [0.25, 0.3) is 0 Å². The van der Waals surface area contributed by atoms with Crippen molar-refractivity contribution in [2.45, 2.75) is 19.4 Å². The number of hydrogen-bond acceptors (Lipinski definition) is 2. The van der Waals surface area contributed by atoms with Crippen molar-refractivity contribution in [1.82, 2.24) is 5.32 Å². The molecule has 0 saturated carbocycles. The summed E-state index contributed by atoms with van der Waals surface area (Å²) in [5, 5.41) is 3.67. The van der Waals surface area contributed by atoms with E-state index in [-0.39, 0.29) is 0 Å². The first-order valence-electron chi connectivity index (χ1n) is 7.43. The minimum atomic E-state index is 0.417. The molecule has 1 N–H and O–H groups in total. The molecule has 1 saturated heterocycles. The molecule has 20 heavy (non-hydrogen) atoms. The van der Waals surface area contributed by atoms with E-state index >= 15 is 0 Å². The van der Waals surface area contributed by atoms with Gasteiger partial charge in [-0.25, -0.2) is 0 Å². The van der Waals surface area contributed by atoms with E-state index in [1.165, 1.54) is 23.2 Å². The van der Waals surface area contributed by atoms with Gasteiger partial charge < -0.3 is 10.2 Å². The van der Waals surface area contributed by atoms with E-state index in [9.17, 15) is 0 Å². The number of hydrogen-bond donors (Lipinski definition) is 1. The molecule has 104 valence electrons. The summed E-state index contributed by atoms with van der Waals surface area (Å²) < 4.78 is 0. The molecule has 0 aromatic heterocycles. The summed E-state index contributed by atoms with van der Waals surface area (Å²) in [5.41, 5.74) is 4.04. The van der Waals surface area contributed by atoms with E-state index < -0.39 is 0 Å². The normalized spacial score (nSPS) is 19.6. The van der Waals surface area contributed by atoms with Gasteiger partial charge in [-0.1, -0.05) is 48.0 Å². The summed E-state index contributed by atoms with van der Waals surface area (Å²) in [4.78, 5) is 2.50. The Bertz CT molecular complexity index is 533. The van der Waals surface area contributed by atoms with Crippen LogP contribution in [0.4, 0.5) is 5.69 Å². The van der Waals surface area contributed by atoms with Crippen molar-refractivity contribution in [1.29, 1.82) is 0 Å². The molecule has 2 nitrogen and oxygen atoms in total. The second-order valence-corrected chi connectivity index (χ2v) is 5.55. The third-order valence-electron chi connectivity index (χ3n) is 4.00. The molecule has 3 rings (SSSR count). The monoisotopic (exact) mass is 266 g/mol. The van der Waals surface area contributed by atoms with Crippen LogP contribution in [0.5, 0.6) is 0 Å². The molecule has 1 aliphatic heterocycles. The van der Waals surface area contributed by atoms with Crippen LogP contribution < -0.4 is 10.2 Å². The van der Waals surface area contributed by atoms with Crippen LogP contribution in [0, 0.1) is 6.92 Å². The Balaban J connectivity index is 1.80. The average Bonchev–Trinajstić information content (AvgIpc) is 2.75. The Morgan fingerprint density at radius 2 is 1.75 bits per heavy atom. The van der Waals surface area contributed by atoms with E-state index in [4.69, 9.17) is 0 Å². The van der Waals surface area contributed by atoms with Crippen LogP contribution >= 0.6 is 0 Å². The molecular weight excluding hydrogens is 244 g/mol. The van der Waals surface area contributed by atoms with Crippen LogP contribution in [0.1, 0.15) is 23.6 Å². The van der Waals surface area contributed by atoms with Crippen molar-refractivity contribution in [3.63, 3.8) is 0 Å². The minimum Gasteiger partial charge on any atom is -0.370 e. The van der Waals surface area contributed by atoms with Crippen LogP contribution in [-0.2, 0) is 0 Å². The molecule has 0 spiro atoms. The molecule has 0 radical (unpaired) electrons. The fourth-order valence-corrected chi connectivity index (χ4v) is 2.82. The summed E-state index contributed by atoms with van der Waals surface area (Å²) >= 11 is 0. The van der Waals surface area contributed by atoms with Gasteiger partial charge in [-0.15, -0.1) is 0 Å². The van der Waals surface area contributed by atoms with Crippen LogP contribution in [0.3, 0.4) is 0 Å². The van der Waals surface area contributed by atoms with Crippen LogP contribution in [-0.4, -0.2) is 19.6 Å². The van der Waals surface area contributed by atoms with Crippen LogP contribution in [0.25, 0.3) is 0 Å². The highest BCUT2D eigenvalue weighted by Gasteiger charge is 2.19. The van der Waals surface area contributed by atoms with E-state index in [1.54, 1.807) is 0 Å². The number of nitrogens with one attached hydrogen (secondary N) is 1. The molecule has 1 fully saturated rings. The Morgan fingerprint density at radius 1 is 1.00 bits per heavy atom. The van der Waals surface area contributed by atoms with Gasteiger partial charge in [0.2, 0.25) is 0 Å². The summed E-state index contributed by atoms with van der Waals surface area (Å²) in [6, 6.07) is 20.1. The van der Waals surface area contributed by atoms with Crippen molar-refractivity contribution in [3.05, 3.63) is 65.7 Å². The zero-order valence-corrected chi connectivity index (χ0v) is 12.0. The minimum absolute atomic E-state index is 0.417. The van der Waals surface area contributed by atoms with Gasteiger partial charge in [0.1, 0.15) is 0 Å². The maximum atomic E-state index is 3.67. The molecule has 0 aliphatic carbocycles. The van der Waals surface area contributed by atoms with E-state index in [2.05, 4.69) is 71.7 Å². The molecule has 2 heteroatoms. The Labute approximate surface area is 121 Å². The lowest BCUT2D eigenvalue weighted by Crippen LogP contribution is -2.31. The lowest BCUT2D eigenvalue weighted by Gasteiger charge is -2.27. The largest absolute Gasteiger partial charge is 0.370 e. The van der Waals surface area contributed by atoms with Crippen molar-refractivity contribution >= 4 is 5.69 Å². The first kappa shape index (κ1) is 13.2. The second kappa shape index (κ2) is 6.10. The number of nitrogens with zero attached hydrogens (tertiary/aromatic N) is 1. The van der Waals surface area contributed by atoms with Gasteiger partial charge in [-0.05, 0) is 37.6 Å². The molecule has 1 heterocycles. The fraction of sp³-hybridized carbons (Fsp3) is 0.333. The smallest absolute Gasteiger partial charge is 0.0498 e. The summed E-state index contributed by atoms with van der Waals surface area (Å²) in [5.74, 6) is 0. The van der Waals surface area contributed by atoms with Crippen molar-refractivity contribution in [2.75, 3.05) is 24.5 Å². The highest BCUT2D eigenvalue weighted by Crippen LogP contribution is 2.22. The van der Waals surface area contributed by atoms with Crippen LogP contribution in [0.2, 0.25) is 0 Å². The third kappa shape index (κ3) is 3.02. The van der Waals surface area contributed by atoms with Crippen LogP contribution in [0.15, 0.2) is 54.6 Å². The highest BCUT2D eigenvalue weighted by atomic mass is 15.2. The molecule has 1 unspecified atom stereocenters. The van der Waals surface area contributed by atoms with Crippen molar-refractivity contribution in [2.24, 2.45) is 0 Å². The topological polar surface area (TPSA) is 15.3 Å². The predicted octanol–water partition coefficient (Wildman–Crippen LogP) is 3.54. The number of benzene rings is 2. The molecule has 2 aromatic rings. The quantitative estimate of drug-likeness (QED) is 0.894. The SMILES string of the molecule is Cc1ccc(N2CCCNC(c3ccccc3)C2)cc1. The predicted molar refractivity (Wildman–Crippen MR) is 85.2 cm³/mol. The van der Waals surface area contributed by atoms with Gasteiger partial charge in [0, 0.05) is 24.8 Å². The third-order valence-corrected chi connectivity index (χ3v) is 4.00. The van der Waals surface area contributed by atoms with Gasteiger partial charge in [-0.2, -0.15) is 0 Å². The maximum absolute atomic E-state index is 3.67. The number of anilines is 1. The van der Waals surface area contributed by atoms with E-state index in [0.29, 0.717) is 6.04 Å². The summed E-state index contributed by atoms with van der Waals surface area (Å²) in [7, 11) is 0. The van der Waals surface area contributed by atoms with Gasteiger partial charge in [0.05, 0.1) is 0 Å². The van der Waals surface area contributed by atoms with Gasteiger partial charge in [-0.3, -0.25) is 0 Å². The van der Waals surface area contributed by atoms with Gasteiger partial charge >= 0.3 is 0 Å². The summed E-state index contributed by atoms with van der Waals surface area (Å²) in [6.07, 6.45) is 1.19. The first-order chi connectivity index (χ1) is 9.83. The maximum Gasteiger partial charge on any atom is 0.0498 e. The molecular formula is C18H22N2. The zero-order chi connectivity index (χ0) is 13.8. The lowest BCUT2D eigenvalue weighted by atomic mass is 10.1. The summed E-state index contributed by atoms with van der Waals surface area (Å²) in [6.45, 7) is 5.38. The average molecular weight is 266 g/mol. The lowest BCUT2D eigenvalue weighted by molar-refractivity contribution is 0.570. The standard InChI is InChI=1S/C18H22N2/c1-15-8-10-17(11-9-15)20-13-5-12-19-18(14-20)16-6-3-2-4-7-16/h2-4,6-11,18-19H,5,12-14H2,1H3. The highest BCUT2D eigenvalue weighted by molar-refractivity contribution is 5.48. The fourth-order valence-electron chi connectivity index (χ4n) is 2.82. The zero-order valence-electron chi connectivity index (χ0n) is 12.0. The number of rotatable bonds is 2. The molecule has 0 bridgehead atoms. The molecule has 1 atom stereocenters. The van der Waals surface area contributed by atoms with Gasteiger partial charge in [0.15, 0.2) is 0 Å². The number of aryl methyl sites for hydroxylation is 1.